The molecule has 0 fully saturated rings. The van der Waals surface area contributed by atoms with E-state index in [4.69, 9.17) is 4.74 Å². The summed E-state index contributed by atoms with van der Waals surface area (Å²) in [6, 6.07) is 13.2. The topological polar surface area (TPSA) is 106 Å². The van der Waals surface area contributed by atoms with Gasteiger partial charge in [-0.05, 0) is 42.5 Å². The van der Waals surface area contributed by atoms with Crippen LogP contribution in [0.5, 0.6) is 5.75 Å². The second-order valence-corrected chi connectivity index (χ2v) is 8.58. The monoisotopic (exact) mass is 438 g/mol. The van der Waals surface area contributed by atoms with Crippen LogP contribution in [0.2, 0.25) is 0 Å². The molecule has 2 aromatic carbocycles. The lowest BCUT2D eigenvalue weighted by molar-refractivity contribution is 0.413. The normalized spacial score (nSPS) is 11.9. The molecule has 2 N–H and O–H groups in total. The Morgan fingerprint density at radius 3 is 2.77 bits per heavy atom. The van der Waals surface area contributed by atoms with Crippen molar-refractivity contribution >= 4 is 43.0 Å². The molecule has 0 bridgehead atoms. The number of hydrogen-bond donors (Lipinski definition) is 2. The molecule has 0 amide bonds. The summed E-state index contributed by atoms with van der Waals surface area (Å²) < 4.78 is 48.2. The van der Waals surface area contributed by atoms with Crippen LogP contribution in [0.4, 0.5) is 10.1 Å². The van der Waals surface area contributed by atoms with Crippen LogP contribution in [0.3, 0.4) is 0 Å². The number of H-pyrrole nitrogens is 1. The van der Waals surface area contributed by atoms with E-state index >= 15 is 0 Å². The van der Waals surface area contributed by atoms with Crippen molar-refractivity contribution < 1.29 is 17.5 Å². The molecule has 0 unspecified atom stereocenters. The SMILES string of the molecule is COc1cccc(S(=O)(=O)Nc2ccn3nc4c5ccc(F)cc5[nH]c(=O)c4c3c2)c1. The number of benzene rings is 2. The molecular formula is C21H15FN4O4S. The molecule has 0 radical (unpaired) electrons. The molecule has 0 spiro atoms. The van der Waals surface area contributed by atoms with Gasteiger partial charge in [0, 0.05) is 17.6 Å². The van der Waals surface area contributed by atoms with E-state index in [1.165, 1.54) is 48.0 Å². The van der Waals surface area contributed by atoms with Crippen molar-refractivity contribution in [2.75, 3.05) is 11.8 Å². The van der Waals surface area contributed by atoms with Crippen LogP contribution in [-0.2, 0) is 10.0 Å². The van der Waals surface area contributed by atoms with Gasteiger partial charge in [0.2, 0.25) is 0 Å². The molecule has 0 aliphatic carbocycles. The Bertz CT molecular complexity index is 1660. The lowest BCUT2D eigenvalue weighted by Gasteiger charge is -2.09. The summed E-state index contributed by atoms with van der Waals surface area (Å²) in [6.45, 7) is 0. The molecule has 3 aromatic heterocycles. The maximum absolute atomic E-state index is 13.6. The molecule has 10 heteroatoms. The quantitative estimate of drug-likeness (QED) is 0.448. The molecule has 31 heavy (non-hydrogen) atoms. The summed E-state index contributed by atoms with van der Waals surface area (Å²) in [7, 11) is -2.44. The fraction of sp³-hybridized carbons (Fsp3) is 0.0476. The Kier molecular flexibility index (Phi) is 4.19. The van der Waals surface area contributed by atoms with Crippen LogP contribution in [0.15, 0.2) is 70.5 Å². The summed E-state index contributed by atoms with van der Waals surface area (Å²) in [4.78, 5) is 15.4. The van der Waals surface area contributed by atoms with Crippen molar-refractivity contribution in [1.29, 1.82) is 0 Å². The first kappa shape index (κ1) is 19.1. The number of nitrogens with zero attached hydrogens (tertiary/aromatic N) is 2. The van der Waals surface area contributed by atoms with Crippen molar-refractivity contribution in [3.05, 3.63) is 77.0 Å². The van der Waals surface area contributed by atoms with Crippen LogP contribution < -0.4 is 15.0 Å². The summed E-state index contributed by atoms with van der Waals surface area (Å²) in [5.74, 6) is -0.0598. The molecule has 0 aliphatic heterocycles. The number of aromatic nitrogens is 3. The summed E-state index contributed by atoms with van der Waals surface area (Å²) in [5.41, 5.74) is 0.950. The summed E-state index contributed by atoms with van der Waals surface area (Å²) >= 11 is 0. The highest BCUT2D eigenvalue weighted by atomic mass is 32.2. The minimum absolute atomic E-state index is 0.0379. The smallest absolute Gasteiger partial charge is 0.262 e. The Morgan fingerprint density at radius 1 is 1.13 bits per heavy atom. The van der Waals surface area contributed by atoms with Gasteiger partial charge in [0.05, 0.1) is 34.1 Å². The van der Waals surface area contributed by atoms with Crippen molar-refractivity contribution in [2.45, 2.75) is 4.90 Å². The number of anilines is 1. The van der Waals surface area contributed by atoms with E-state index in [1.54, 1.807) is 24.4 Å². The van der Waals surface area contributed by atoms with Crippen molar-refractivity contribution in [2.24, 2.45) is 0 Å². The van der Waals surface area contributed by atoms with Crippen molar-refractivity contribution in [3.8, 4) is 5.75 Å². The van der Waals surface area contributed by atoms with Gasteiger partial charge in [-0.15, -0.1) is 0 Å². The molecule has 0 saturated heterocycles. The van der Waals surface area contributed by atoms with E-state index in [2.05, 4.69) is 14.8 Å². The van der Waals surface area contributed by atoms with Gasteiger partial charge in [-0.25, -0.2) is 17.3 Å². The van der Waals surface area contributed by atoms with Crippen LogP contribution >= 0.6 is 0 Å². The third-order valence-electron chi connectivity index (χ3n) is 4.95. The number of pyridine rings is 2. The van der Waals surface area contributed by atoms with E-state index in [-0.39, 0.29) is 16.0 Å². The van der Waals surface area contributed by atoms with Crippen molar-refractivity contribution in [1.82, 2.24) is 14.6 Å². The molecule has 8 nitrogen and oxygen atoms in total. The van der Waals surface area contributed by atoms with Gasteiger partial charge >= 0.3 is 0 Å². The highest BCUT2D eigenvalue weighted by Crippen LogP contribution is 2.27. The predicted molar refractivity (Wildman–Crippen MR) is 115 cm³/mol. The molecule has 0 atom stereocenters. The van der Waals surface area contributed by atoms with E-state index in [0.717, 1.165) is 0 Å². The highest BCUT2D eigenvalue weighted by Gasteiger charge is 2.18. The molecular weight excluding hydrogens is 423 g/mol. The largest absolute Gasteiger partial charge is 0.497 e. The van der Waals surface area contributed by atoms with Crippen LogP contribution in [0, 0.1) is 5.82 Å². The Morgan fingerprint density at radius 2 is 1.97 bits per heavy atom. The van der Waals surface area contributed by atoms with Gasteiger partial charge in [0.25, 0.3) is 15.6 Å². The Balaban J connectivity index is 1.65. The standard InChI is InChI=1S/C21H15FN4O4S/c1-30-14-3-2-4-15(11-14)31(28,29)25-13-7-8-26-18(10-13)19-20(24-26)16-6-5-12(22)9-17(16)23-21(19)27/h2-11,25H,1H3,(H,23,27). The van der Waals surface area contributed by atoms with E-state index in [9.17, 15) is 17.6 Å². The number of aromatic amines is 1. The van der Waals surface area contributed by atoms with Gasteiger partial charge in [0.15, 0.2) is 0 Å². The Hall–Kier alpha value is -3.92. The number of ether oxygens (including phenoxy) is 1. The molecule has 3 heterocycles. The average molecular weight is 438 g/mol. The fourth-order valence-electron chi connectivity index (χ4n) is 3.52. The highest BCUT2D eigenvalue weighted by molar-refractivity contribution is 7.92. The number of fused-ring (bicyclic) bond motifs is 5. The van der Waals surface area contributed by atoms with E-state index in [1.807, 2.05) is 0 Å². The molecule has 5 rings (SSSR count). The minimum atomic E-state index is -3.89. The zero-order chi connectivity index (χ0) is 21.8. The second-order valence-electron chi connectivity index (χ2n) is 6.90. The molecule has 156 valence electrons. The first-order valence-corrected chi connectivity index (χ1v) is 10.6. The van der Waals surface area contributed by atoms with Crippen molar-refractivity contribution in [3.63, 3.8) is 0 Å². The number of rotatable bonds is 4. The van der Waals surface area contributed by atoms with Gasteiger partial charge in [-0.2, -0.15) is 5.10 Å². The maximum Gasteiger partial charge on any atom is 0.262 e. The second kappa shape index (κ2) is 6.81. The lowest BCUT2D eigenvalue weighted by atomic mass is 10.1. The summed E-state index contributed by atoms with van der Waals surface area (Å²) in [6.07, 6.45) is 1.55. The zero-order valence-electron chi connectivity index (χ0n) is 16.1. The Labute approximate surface area is 174 Å². The van der Waals surface area contributed by atoms with Gasteiger partial charge in [-0.3, -0.25) is 9.52 Å². The number of methoxy groups -OCH3 is 1. The number of hydrogen-bond acceptors (Lipinski definition) is 5. The third kappa shape index (κ3) is 3.17. The van der Waals surface area contributed by atoms with Gasteiger partial charge in [0.1, 0.15) is 17.1 Å². The molecule has 0 aliphatic rings. The number of halogens is 1. The van der Waals surface area contributed by atoms with E-state index in [0.29, 0.717) is 27.7 Å². The van der Waals surface area contributed by atoms with Crippen LogP contribution in [0.1, 0.15) is 0 Å². The maximum atomic E-state index is 13.6. The number of sulfonamides is 1. The van der Waals surface area contributed by atoms with Gasteiger partial charge in [-0.1, -0.05) is 6.07 Å². The van der Waals surface area contributed by atoms with Crippen LogP contribution in [-0.4, -0.2) is 30.1 Å². The predicted octanol–water partition coefficient (Wildman–Crippen LogP) is 3.28. The first-order chi connectivity index (χ1) is 14.9. The van der Waals surface area contributed by atoms with Gasteiger partial charge < -0.3 is 9.72 Å². The fourth-order valence-corrected chi connectivity index (χ4v) is 4.60. The zero-order valence-corrected chi connectivity index (χ0v) is 16.9. The van der Waals surface area contributed by atoms with E-state index < -0.39 is 21.4 Å². The van der Waals surface area contributed by atoms with Crippen LogP contribution in [0.25, 0.3) is 27.3 Å². The number of nitrogens with one attached hydrogen (secondary N) is 2. The molecule has 5 aromatic rings. The summed E-state index contributed by atoms with van der Waals surface area (Å²) in [5, 5.41) is 5.29. The lowest BCUT2D eigenvalue weighted by Crippen LogP contribution is -2.13. The minimum Gasteiger partial charge on any atom is -0.497 e. The first-order valence-electron chi connectivity index (χ1n) is 9.16. The molecule has 0 saturated carbocycles. The third-order valence-corrected chi connectivity index (χ3v) is 6.33. The average Bonchev–Trinajstić information content (AvgIpc) is 3.13.